The Kier molecular flexibility index (Phi) is 7.92. The van der Waals surface area contributed by atoms with E-state index in [1.54, 1.807) is 36.2 Å². The molecule has 1 aliphatic heterocycles. The Bertz CT molecular complexity index is 1510. The Labute approximate surface area is 234 Å². The molecule has 0 radical (unpaired) electrons. The van der Waals surface area contributed by atoms with Crippen LogP contribution in [0.5, 0.6) is 0 Å². The number of aryl methyl sites for hydroxylation is 1. The molecule has 0 aromatic heterocycles. The number of nitrogens with one attached hydrogen (secondary N) is 1. The van der Waals surface area contributed by atoms with E-state index in [0.29, 0.717) is 23.4 Å². The molecule has 3 amide bonds. The smallest absolute Gasteiger partial charge is 0.411 e. The summed E-state index contributed by atoms with van der Waals surface area (Å²) >= 11 is 0. The molecule has 0 saturated carbocycles. The highest BCUT2D eigenvalue weighted by Crippen LogP contribution is 2.36. The molecule has 5 rings (SSSR count). The van der Waals surface area contributed by atoms with Gasteiger partial charge in [-0.25, -0.2) is 4.79 Å². The van der Waals surface area contributed by atoms with Gasteiger partial charge in [-0.2, -0.15) is 0 Å². The average molecular weight is 534 g/mol. The predicted molar refractivity (Wildman–Crippen MR) is 153 cm³/mol. The molecule has 7 heteroatoms. The zero-order valence-corrected chi connectivity index (χ0v) is 22.5. The molecule has 0 unspecified atom stereocenters. The number of hydrogen-bond donors (Lipinski definition) is 1. The van der Waals surface area contributed by atoms with Crippen LogP contribution in [-0.2, 0) is 22.6 Å². The first-order valence-corrected chi connectivity index (χ1v) is 13.2. The summed E-state index contributed by atoms with van der Waals surface area (Å²) in [5.74, 6) is -0.477. The number of hydrogen-bond acceptors (Lipinski definition) is 4. The van der Waals surface area contributed by atoms with Gasteiger partial charge in [0.2, 0.25) is 5.91 Å². The van der Waals surface area contributed by atoms with Crippen molar-refractivity contribution in [1.82, 2.24) is 9.80 Å². The molecule has 1 aliphatic rings. The van der Waals surface area contributed by atoms with E-state index in [2.05, 4.69) is 5.32 Å². The van der Waals surface area contributed by atoms with Crippen molar-refractivity contribution < 1.29 is 19.1 Å². The fourth-order valence-corrected chi connectivity index (χ4v) is 4.92. The molecule has 4 aromatic carbocycles. The summed E-state index contributed by atoms with van der Waals surface area (Å²) in [5, 5.41) is 2.92. The molecule has 2 atom stereocenters. The number of benzene rings is 4. The van der Waals surface area contributed by atoms with Crippen molar-refractivity contribution >= 4 is 23.6 Å². The number of amides is 3. The Hall–Kier alpha value is -4.91. The van der Waals surface area contributed by atoms with E-state index < -0.39 is 18.2 Å². The summed E-state index contributed by atoms with van der Waals surface area (Å²) in [6.07, 6.45) is -1.41. The van der Waals surface area contributed by atoms with Crippen LogP contribution in [0.15, 0.2) is 109 Å². The molecule has 1 heterocycles. The van der Waals surface area contributed by atoms with Crippen LogP contribution in [0.25, 0.3) is 0 Å². The van der Waals surface area contributed by atoms with Gasteiger partial charge in [-0.1, -0.05) is 90.5 Å². The highest BCUT2D eigenvalue weighted by molar-refractivity contribution is 6.04. The minimum atomic E-state index is -0.885. The van der Waals surface area contributed by atoms with Gasteiger partial charge in [0, 0.05) is 24.8 Å². The molecule has 7 nitrogen and oxygen atoms in total. The number of ether oxygens (including phenoxy) is 1. The van der Waals surface area contributed by atoms with Crippen LogP contribution < -0.4 is 5.32 Å². The van der Waals surface area contributed by atoms with Crippen LogP contribution in [0.1, 0.15) is 38.7 Å². The summed E-state index contributed by atoms with van der Waals surface area (Å²) < 4.78 is 5.85. The molecular weight excluding hydrogens is 502 g/mol. The minimum absolute atomic E-state index is 0.232. The lowest BCUT2D eigenvalue weighted by molar-refractivity contribution is -0.136. The van der Waals surface area contributed by atoms with Crippen molar-refractivity contribution in [3.05, 3.63) is 137 Å². The van der Waals surface area contributed by atoms with Crippen molar-refractivity contribution in [3.8, 4) is 0 Å². The summed E-state index contributed by atoms with van der Waals surface area (Å²) in [6, 6.07) is 32.8. The van der Waals surface area contributed by atoms with Gasteiger partial charge in [0.05, 0.1) is 6.54 Å². The number of rotatable bonds is 8. The number of carbonyl (C=O) groups is 3. The SMILES string of the molecule is Cc1cccc(C(=O)Nc2cccc([C@H]3OC(=O)N(Cc4ccccc4)[C@@H]3C(=O)N(C)Cc3ccccc3)c2)c1. The Morgan fingerprint density at radius 1 is 0.850 bits per heavy atom. The normalized spacial score (nSPS) is 16.4. The molecular formula is C33H31N3O4. The average Bonchev–Trinajstić information content (AvgIpc) is 3.29. The van der Waals surface area contributed by atoms with E-state index in [1.165, 1.54) is 4.90 Å². The van der Waals surface area contributed by atoms with Crippen molar-refractivity contribution in [1.29, 1.82) is 0 Å². The Morgan fingerprint density at radius 2 is 1.52 bits per heavy atom. The third-order valence-electron chi connectivity index (χ3n) is 6.93. The van der Waals surface area contributed by atoms with Crippen molar-refractivity contribution in [3.63, 3.8) is 0 Å². The molecule has 1 fully saturated rings. The first-order valence-electron chi connectivity index (χ1n) is 13.2. The maximum Gasteiger partial charge on any atom is 0.411 e. The van der Waals surface area contributed by atoms with Crippen LogP contribution in [0, 0.1) is 6.92 Å². The number of cyclic esters (lactones) is 1. The quantitative estimate of drug-likeness (QED) is 0.303. The predicted octanol–water partition coefficient (Wildman–Crippen LogP) is 5.97. The third-order valence-corrected chi connectivity index (χ3v) is 6.93. The molecule has 0 aliphatic carbocycles. The summed E-state index contributed by atoms with van der Waals surface area (Å²) in [6.45, 7) is 2.55. The summed E-state index contributed by atoms with van der Waals surface area (Å²) in [4.78, 5) is 43.1. The maximum atomic E-state index is 13.9. The lowest BCUT2D eigenvalue weighted by Crippen LogP contribution is -2.46. The second-order valence-electron chi connectivity index (χ2n) is 9.99. The number of likely N-dealkylation sites (N-methyl/N-ethyl adjacent to an activating group) is 1. The fourth-order valence-electron chi connectivity index (χ4n) is 4.92. The van der Waals surface area contributed by atoms with Gasteiger partial charge in [-0.3, -0.25) is 14.5 Å². The van der Waals surface area contributed by atoms with E-state index in [4.69, 9.17) is 4.74 Å². The monoisotopic (exact) mass is 533 g/mol. The van der Waals surface area contributed by atoms with Gasteiger partial charge in [-0.15, -0.1) is 0 Å². The minimum Gasteiger partial charge on any atom is -0.438 e. The number of anilines is 1. The van der Waals surface area contributed by atoms with Crippen LogP contribution in [0.4, 0.5) is 10.5 Å². The molecule has 202 valence electrons. The molecule has 0 spiro atoms. The Morgan fingerprint density at radius 3 is 2.23 bits per heavy atom. The van der Waals surface area contributed by atoms with Gasteiger partial charge in [0.25, 0.3) is 5.91 Å². The maximum absolute atomic E-state index is 13.9. The lowest BCUT2D eigenvalue weighted by Gasteiger charge is -2.28. The van der Waals surface area contributed by atoms with Gasteiger partial charge < -0.3 is 15.0 Å². The first kappa shape index (κ1) is 26.7. The molecule has 4 aromatic rings. The third kappa shape index (κ3) is 6.04. The van der Waals surface area contributed by atoms with Crippen LogP contribution in [0.2, 0.25) is 0 Å². The molecule has 1 N–H and O–H groups in total. The van der Waals surface area contributed by atoms with Gasteiger partial charge in [0.1, 0.15) is 0 Å². The van der Waals surface area contributed by atoms with Gasteiger partial charge in [-0.05, 0) is 47.9 Å². The largest absolute Gasteiger partial charge is 0.438 e. The second-order valence-corrected chi connectivity index (χ2v) is 9.99. The van der Waals surface area contributed by atoms with E-state index in [9.17, 15) is 14.4 Å². The van der Waals surface area contributed by atoms with Gasteiger partial charge >= 0.3 is 6.09 Å². The first-order chi connectivity index (χ1) is 19.4. The van der Waals surface area contributed by atoms with Gasteiger partial charge in [0.15, 0.2) is 12.1 Å². The number of nitrogens with zero attached hydrogens (tertiary/aromatic N) is 2. The fraction of sp³-hybridized carbons (Fsp3) is 0.182. The zero-order valence-electron chi connectivity index (χ0n) is 22.5. The zero-order chi connectivity index (χ0) is 28.1. The summed E-state index contributed by atoms with van der Waals surface area (Å²) in [5.41, 5.74) is 4.57. The molecule has 0 bridgehead atoms. The van der Waals surface area contributed by atoms with E-state index in [-0.39, 0.29) is 18.4 Å². The van der Waals surface area contributed by atoms with Crippen LogP contribution in [-0.4, -0.2) is 40.8 Å². The van der Waals surface area contributed by atoms with Crippen LogP contribution >= 0.6 is 0 Å². The second kappa shape index (κ2) is 11.9. The topological polar surface area (TPSA) is 79.0 Å². The summed E-state index contributed by atoms with van der Waals surface area (Å²) in [7, 11) is 1.73. The Balaban J connectivity index is 1.43. The van der Waals surface area contributed by atoms with Crippen molar-refractivity contribution in [2.45, 2.75) is 32.2 Å². The van der Waals surface area contributed by atoms with Crippen molar-refractivity contribution in [2.75, 3.05) is 12.4 Å². The highest BCUT2D eigenvalue weighted by atomic mass is 16.6. The standard InChI is InChI=1S/C33H31N3O4/c1-23-11-9-17-27(19-23)31(37)34-28-18-10-16-26(20-28)30-29(32(38)35(2)21-24-12-5-3-6-13-24)36(33(39)40-30)22-25-14-7-4-8-15-25/h3-20,29-30H,21-22H2,1-2H3,(H,34,37)/t29-,30+/m0/s1. The van der Waals surface area contributed by atoms with E-state index >= 15 is 0 Å². The molecule has 40 heavy (non-hydrogen) atoms. The van der Waals surface area contributed by atoms with E-state index in [1.807, 2.05) is 91.9 Å². The molecule has 1 saturated heterocycles. The van der Waals surface area contributed by atoms with E-state index in [0.717, 1.165) is 16.7 Å². The number of carbonyl (C=O) groups excluding carboxylic acids is 3. The van der Waals surface area contributed by atoms with Crippen LogP contribution in [0.3, 0.4) is 0 Å². The lowest BCUT2D eigenvalue weighted by atomic mass is 9.99. The van der Waals surface area contributed by atoms with Crippen molar-refractivity contribution in [2.24, 2.45) is 0 Å². The highest BCUT2D eigenvalue weighted by Gasteiger charge is 2.48.